The molecule has 0 aliphatic carbocycles. The van der Waals surface area contributed by atoms with Gasteiger partial charge in [0.1, 0.15) is 0 Å². The lowest BCUT2D eigenvalue weighted by molar-refractivity contribution is 0.588. The van der Waals surface area contributed by atoms with Crippen molar-refractivity contribution in [3.8, 4) is 0 Å². The van der Waals surface area contributed by atoms with Crippen molar-refractivity contribution in [2.24, 2.45) is 5.73 Å². The van der Waals surface area contributed by atoms with E-state index in [4.69, 9.17) is 5.73 Å². The van der Waals surface area contributed by atoms with Crippen LogP contribution in [0.5, 0.6) is 0 Å². The zero-order chi connectivity index (χ0) is 10.8. The maximum Gasteiger partial charge on any atom is 0.240 e. The summed E-state index contributed by atoms with van der Waals surface area (Å²) in [4.78, 5) is 0.254. The largest absolute Gasteiger partial charge is 0.324 e. The van der Waals surface area contributed by atoms with Crippen molar-refractivity contribution in [3.05, 3.63) is 29.8 Å². The van der Waals surface area contributed by atoms with Crippen molar-refractivity contribution in [2.75, 3.05) is 7.05 Å². The Morgan fingerprint density at radius 3 is 2.14 bits per heavy atom. The molecular weight excluding hydrogens is 200 g/mol. The molecule has 0 aromatic heterocycles. The van der Waals surface area contributed by atoms with Crippen LogP contribution < -0.4 is 10.5 Å². The molecular formula is C9H14N2O2S. The molecule has 1 atom stereocenters. The quantitative estimate of drug-likeness (QED) is 0.774. The predicted molar refractivity (Wildman–Crippen MR) is 55.3 cm³/mol. The van der Waals surface area contributed by atoms with Crippen molar-refractivity contribution in [3.63, 3.8) is 0 Å². The van der Waals surface area contributed by atoms with E-state index < -0.39 is 10.0 Å². The van der Waals surface area contributed by atoms with Crippen LogP contribution in [0, 0.1) is 0 Å². The summed E-state index contributed by atoms with van der Waals surface area (Å²) in [5.74, 6) is 0. The summed E-state index contributed by atoms with van der Waals surface area (Å²) in [6.45, 7) is 1.85. The van der Waals surface area contributed by atoms with Gasteiger partial charge in [0.25, 0.3) is 0 Å². The Bertz CT molecular complexity index is 395. The highest BCUT2D eigenvalue weighted by molar-refractivity contribution is 7.89. The van der Waals surface area contributed by atoms with Gasteiger partial charge in [0.2, 0.25) is 10.0 Å². The van der Waals surface area contributed by atoms with E-state index in [1.54, 1.807) is 24.3 Å². The van der Waals surface area contributed by atoms with Crippen LogP contribution in [-0.2, 0) is 10.0 Å². The standard InChI is InChI=1S/C9H14N2O2S/c1-7(10)8-3-5-9(6-4-8)14(12,13)11-2/h3-7,11H,10H2,1-2H3/t7-/m1/s1. The molecule has 0 unspecified atom stereocenters. The number of nitrogens with two attached hydrogens (primary N) is 1. The van der Waals surface area contributed by atoms with Crippen molar-refractivity contribution in [1.29, 1.82) is 0 Å². The van der Waals surface area contributed by atoms with Crippen LogP contribution >= 0.6 is 0 Å². The van der Waals surface area contributed by atoms with E-state index in [1.807, 2.05) is 6.92 Å². The molecule has 3 N–H and O–H groups in total. The summed E-state index contributed by atoms with van der Waals surface area (Å²) in [6.07, 6.45) is 0. The van der Waals surface area contributed by atoms with Crippen LogP contribution in [-0.4, -0.2) is 15.5 Å². The van der Waals surface area contributed by atoms with Crippen molar-refractivity contribution < 1.29 is 8.42 Å². The molecule has 1 rings (SSSR count). The van der Waals surface area contributed by atoms with Crippen LogP contribution in [0.25, 0.3) is 0 Å². The second kappa shape index (κ2) is 4.08. The Hall–Kier alpha value is -0.910. The van der Waals surface area contributed by atoms with E-state index in [0.29, 0.717) is 0 Å². The van der Waals surface area contributed by atoms with E-state index in [1.165, 1.54) is 7.05 Å². The third-order valence-electron chi connectivity index (χ3n) is 1.98. The zero-order valence-corrected chi connectivity index (χ0v) is 9.01. The van der Waals surface area contributed by atoms with Crippen molar-refractivity contribution in [2.45, 2.75) is 17.9 Å². The molecule has 0 heterocycles. The van der Waals surface area contributed by atoms with Gasteiger partial charge in [0.05, 0.1) is 4.90 Å². The summed E-state index contributed by atoms with van der Waals surface area (Å²) in [5, 5.41) is 0. The number of sulfonamides is 1. The molecule has 0 saturated heterocycles. The number of benzene rings is 1. The molecule has 0 aliphatic rings. The smallest absolute Gasteiger partial charge is 0.240 e. The first-order valence-electron chi connectivity index (χ1n) is 4.26. The zero-order valence-electron chi connectivity index (χ0n) is 8.19. The molecule has 1 aromatic carbocycles. The van der Waals surface area contributed by atoms with Crippen LogP contribution in [0.4, 0.5) is 0 Å². The maximum absolute atomic E-state index is 11.3. The summed E-state index contributed by atoms with van der Waals surface area (Å²) >= 11 is 0. The fourth-order valence-corrected chi connectivity index (χ4v) is 1.80. The molecule has 0 fully saturated rings. The SMILES string of the molecule is CNS(=O)(=O)c1ccc([C@@H](C)N)cc1. The molecule has 5 heteroatoms. The number of nitrogens with one attached hydrogen (secondary N) is 1. The van der Waals surface area contributed by atoms with E-state index in [0.717, 1.165) is 5.56 Å². The molecule has 78 valence electrons. The lowest BCUT2D eigenvalue weighted by Gasteiger charge is -2.06. The second-order valence-corrected chi connectivity index (χ2v) is 4.95. The predicted octanol–water partition coefficient (Wildman–Crippen LogP) is 0.614. The highest BCUT2D eigenvalue weighted by Crippen LogP contribution is 2.13. The molecule has 0 amide bonds. The van der Waals surface area contributed by atoms with Gasteiger partial charge in [-0.15, -0.1) is 0 Å². The Morgan fingerprint density at radius 1 is 1.29 bits per heavy atom. The highest BCUT2D eigenvalue weighted by Gasteiger charge is 2.10. The Balaban J connectivity index is 3.06. The highest BCUT2D eigenvalue weighted by atomic mass is 32.2. The van der Waals surface area contributed by atoms with Crippen LogP contribution in [0.3, 0.4) is 0 Å². The second-order valence-electron chi connectivity index (χ2n) is 3.07. The summed E-state index contributed by atoms with van der Waals surface area (Å²) in [5.41, 5.74) is 6.56. The average molecular weight is 214 g/mol. The normalized spacial score (nSPS) is 13.9. The minimum absolute atomic E-state index is 0.0821. The minimum atomic E-state index is -3.33. The van der Waals surface area contributed by atoms with Gasteiger partial charge in [-0.2, -0.15) is 0 Å². The van der Waals surface area contributed by atoms with E-state index in [2.05, 4.69) is 4.72 Å². The summed E-state index contributed by atoms with van der Waals surface area (Å²) in [7, 11) is -1.95. The van der Waals surface area contributed by atoms with E-state index in [-0.39, 0.29) is 10.9 Å². The first-order chi connectivity index (χ1) is 6.47. The molecule has 0 spiro atoms. The van der Waals surface area contributed by atoms with E-state index >= 15 is 0 Å². The first-order valence-corrected chi connectivity index (χ1v) is 5.75. The molecule has 0 bridgehead atoms. The first kappa shape index (κ1) is 11.2. The molecule has 1 aromatic rings. The maximum atomic E-state index is 11.3. The Morgan fingerprint density at radius 2 is 1.79 bits per heavy atom. The van der Waals surface area contributed by atoms with Crippen LogP contribution in [0.1, 0.15) is 18.5 Å². The van der Waals surface area contributed by atoms with Gasteiger partial charge >= 0.3 is 0 Å². The van der Waals surface area contributed by atoms with Gasteiger partial charge < -0.3 is 5.73 Å². The lowest BCUT2D eigenvalue weighted by atomic mass is 10.1. The Labute approximate surface area is 84.2 Å². The number of hydrogen-bond donors (Lipinski definition) is 2. The fourth-order valence-electron chi connectivity index (χ4n) is 1.07. The van der Waals surface area contributed by atoms with E-state index in [9.17, 15) is 8.42 Å². The third-order valence-corrected chi connectivity index (χ3v) is 3.42. The van der Waals surface area contributed by atoms with Gasteiger partial charge in [-0.05, 0) is 31.7 Å². The Kier molecular flexibility index (Phi) is 3.25. The molecule has 4 nitrogen and oxygen atoms in total. The van der Waals surface area contributed by atoms with Crippen LogP contribution in [0.15, 0.2) is 29.2 Å². The van der Waals surface area contributed by atoms with Gasteiger partial charge in [-0.25, -0.2) is 13.1 Å². The summed E-state index contributed by atoms with van der Waals surface area (Å²) < 4.78 is 24.9. The number of hydrogen-bond acceptors (Lipinski definition) is 3. The van der Waals surface area contributed by atoms with Crippen molar-refractivity contribution in [1.82, 2.24) is 4.72 Å². The van der Waals surface area contributed by atoms with Crippen molar-refractivity contribution >= 4 is 10.0 Å². The molecule has 0 saturated carbocycles. The third kappa shape index (κ3) is 2.31. The molecule has 14 heavy (non-hydrogen) atoms. The molecule has 0 radical (unpaired) electrons. The number of rotatable bonds is 3. The van der Waals surface area contributed by atoms with Gasteiger partial charge in [-0.1, -0.05) is 12.1 Å². The van der Waals surface area contributed by atoms with Gasteiger partial charge in [0.15, 0.2) is 0 Å². The fraction of sp³-hybridized carbons (Fsp3) is 0.333. The van der Waals surface area contributed by atoms with Gasteiger partial charge in [0, 0.05) is 6.04 Å². The molecule has 0 aliphatic heterocycles. The average Bonchev–Trinajstić information content (AvgIpc) is 2.18. The van der Waals surface area contributed by atoms with Crippen LogP contribution in [0.2, 0.25) is 0 Å². The monoisotopic (exact) mass is 214 g/mol. The van der Waals surface area contributed by atoms with Gasteiger partial charge in [-0.3, -0.25) is 0 Å². The minimum Gasteiger partial charge on any atom is -0.324 e. The summed E-state index contributed by atoms with van der Waals surface area (Å²) in [6, 6.07) is 6.44. The lowest BCUT2D eigenvalue weighted by Crippen LogP contribution is -2.18. The topological polar surface area (TPSA) is 72.2 Å².